The maximum atomic E-state index is 5.31. The molecule has 0 unspecified atom stereocenters. The topological polar surface area (TPSA) is 26.0 Å². The maximum absolute atomic E-state index is 5.31. The lowest BCUT2D eigenvalue weighted by atomic mass is 9.98. The highest BCUT2D eigenvalue weighted by Gasteiger charge is 2.25. The van der Waals surface area contributed by atoms with Gasteiger partial charge in [0.2, 0.25) is 0 Å². The summed E-state index contributed by atoms with van der Waals surface area (Å²) < 4.78 is 4.59. The predicted octanol–water partition coefficient (Wildman–Crippen LogP) is 2.17. The Labute approximate surface area is 102 Å². The molecule has 0 N–H and O–H groups in total. The second-order valence-corrected chi connectivity index (χ2v) is 5.17. The van der Waals surface area contributed by atoms with E-state index >= 15 is 0 Å². The number of hydrogen-bond donors (Lipinski definition) is 0. The number of likely N-dealkylation sites (tertiary alicyclic amines) is 1. The van der Waals surface area contributed by atoms with E-state index < -0.39 is 0 Å². The molecule has 0 aromatic carbocycles. The lowest BCUT2D eigenvalue weighted by Crippen LogP contribution is -2.44. The number of piperidine rings is 1. The first-order valence-electron chi connectivity index (χ1n) is 5.93. The fourth-order valence-corrected chi connectivity index (χ4v) is 2.58. The highest BCUT2D eigenvalue weighted by atomic mass is 32.1. The molecule has 4 nitrogen and oxygen atoms in total. The molecule has 90 valence electrons. The summed E-state index contributed by atoms with van der Waals surface area (Å²) in [6.45, 7) is 5.41. The highest BCUT2D eigenvalue weighted by molar-refractivity contribution is 7.71. The predicted molar refractivity (Wildman–Crippen MR) is 66.6 cm³/mol. The number of hydrogen-bond acceptors (Lipinski definition) is 3. The molecule has 0 spiro atoms. The third-order valence-electron chi connectivity index (χ3n) is 3.56. The molecule has 5 heteroatoms. The van der Waals surface area contributed by atoms with Crippen LogP contribution in [0, 0.1) is 4.77 Å². The van der Waals surface area contributed by atoms with Crippen molar-refractivity contribution in [2.75, 3.05) is 0 Å². The molecule has 0 bridgehead atoms. The third-order valence-corrected chi connectivity index (χ3v) is 4.06. The van der Waals surface area contributed by atoms with Crippen LogP contribution in [0.25, 0.3) is 0 Å². The molecule has 0 amide bonds. The van der Waals surface area contributed by atoms with Gasteiger partial charge < -0.3 is 4.57 Å². The Bertz CT molecular complexity index is 398. The van der Waals surface area contributed by atoms with Crippen LogP contribution in [0.3, 0.4) is 0 Å². The van der Waals surface area contributed by atoms with Crippen molar-refractivity contribution in [3.63, 3.8) is 0 Å². The number of aryl methyl sites for hydroxylation is 1. The first-order valence-corrected chi connectivity index (χ1v) is 6.34. The second kappa shape index (κ2) is 4.67. The van der Waals surface area contributed by atoms with Gasteiger partial charge in [-0.15, -0.1) is 0 Å². The fraction of sp³-hybridized carbons (Fsp3) is 0.818. The summed E-state index contributed by atoms with van der Waals surface area (Å²) in [5.41, 5.74) is 0. The van der Waals surface area contributed by atoms with Gasteiger partial charge in [0.1, 0.15) is 6.33 Å². The van der Waals surface area contributed by atoms with Gasteiger partial charge >= 0.3 is 0 Å². The normalized spacial score (nSPS) is 27.2. The van der Waals surface area contributed by atoms with Gasteiger partial charge in [0.05, 0.1) is 6.67 Å². The standard InChI is InChI=1S/C11H20N4S/c1-9-5-4-6-10(2)14(9)8-15-11(16)13(3)7-12-15/h7,9-10H,4-6,8H2,1-3H3/t9-,10+. The number of rotatable bonds is 2. The number of aromatic nitrogens is 3. The molecule has 0 radical (unpaired) electrons. The van der Waals surface area contributed by atoms with E-state index in [1.807, 2.05) is 16.3 Å². The Balaban J connectivity index is 2.14. The monoisotopic (exact) mass is 240 g/mol. The van der Waals surface area contributed by atoms with Crippen LogP contribution in [0.5, 0.6) is 0 Å². The molecule has 1 aliphatic heterocycles. The van der Waals surface area contributed by atoms with Crippen LogP contribution in [0.4, 0.5) is 0 Å². The summed E-state index contributed by atoms with van der Waals surface area (Å²) in [4.78, 5) is 2.49. The van der Waals surface area contributed by atoms with Gasteiger partial charge in [0, 0.05) is 19.1 Å². The van der Waals surface area contributed by atoms with Crippen LogP contribution in [0.1, 0.15) is 33.1 Å². The molecular formula is C11H20N4S. The first-order chi connectivity index (χ1) is 7.59. The van der Waals surface area contributed by atoms with Crippen molar-refractivity contribution < 1.29 is 0 Å². The van der Waals surface area contributed by atoms with Gasteiger partial charge in [-0.25, -0.2) is 4.68 Å². The molecule has 0 saturated carbocycles. The first kappa shape index (κ1) is 11.8. The zero-order valence-corrected chi connectivity index (χ0v) is 11.1. The van der Waals surface area contributed by atoms with E-state index in [4.69, 9.17) is 12.2 Å². The lowest BCUT2D eigenvalue weighted by molar-refractivity contribution is 0.0634. The minimum absolute atomic E-state index is 0.632. The molecule has 2 atom stereocenters. The van der Waals surface area contributed by atoms with Crippen LogP contribution in [-0.4, -0.2) is 31.3 Å². The molecule has 1 aromatic rings. The molecule has 1 aliphatic rings. The maximum Gasteiger partial charge on any atom is 0.198 e. The quantitative estimate of drug-likeness (QED) is 0.741. The van der Waals surface area contributed by atoms with Gasteiger partial charge in [0.25, 0.3) is 0 Å². The zero-order valence-electron chi connectivity index (χ0n) is 10.3. The number of nitrogens with zero attached hydrogens (tertiary/aromatic N) is 4. The summed E-state index contributed by atoms with van der Waals surface area (Å²) in [5.74, 6) is 0. The van der Waals surface area contributed by atoms with E-state index in [1.165, 1.54) is 19.3 Å². The largest absolute Gasteiger partial charge is 0.310 e. The Kier molecular flexibility index (Phi) is 3.44. The Hall–Kier alpha value is -0.680. The summed E-state index contributed by atoms with van der Waals surface area (Å²) in [7, 11) is 1.94. The van der Waals surface area contributed by atoms with E-state index in [-0.39, 0.29) is 0 Å². The van der Waals surface area contributed by atoms with Crippen molar-refractivity contribution in [3.8, 4) is 0 Å². The SMILES string of the molecule is C[C@@H]1CCC[C@H](C)N1Cn1ncn(C)c1=S. The smallest absolute Gasteiger partial charge is 0.198 e. The van der Waals surface area contributed by atoms with Crippen LogP contribution in [-0.2, 0) is 13.7 Å². The van der Waals surface area contributed by atoms with E-state index in [1.54, 1.807) is 6.33 Å². The van der Waals surface area contributed by atoms with Crippen LogP contribution in [0.15, 0.2) is 6.33 Å². The van der Waals surface area contributed by atoms with Crippen molar-refractivity contribution >= 4 is 12.2 Å². The minimum Gasteiger partial charge on any atom is -0.310 e. The van der Waals surface area contributed by atoms with E-state index in [9.17, 15) is 0 Å². The fourth-order valence-electron chi connectivity index (χ4n) is 2.43. The van der Waals surface area contributed by atoms with Crippen molar-refractivity contribution in [3.05, 3.63) is 11.1 Å². The van der Waals surface area contributed by atoms with Gasteiger partial charge in [-0.2, -0.15) is 5.10 Å². The summed E-state index contributed by atoms with van der Waals surface area (Å²) >= 11 is 5.31. The molecule has 1 fully saturated rings. The molecule has 1 saturated heterocycles. The zero-order chi connectivity index (χ0) is 11.7. The van der Waals surface area contributed by atoms with E-state index in [0.717, 1.165) is 11.4 Å². The Morgan fingerprint density at radius 1 is 1.38 bits per heavy atom. The minimum atomic E-state index is 0.632. The molecule has 16 heavy (non-hydrogen) atoms. The van der Waals surface area contributed by atoms with Crippen LogP contribution in [0.2, 0.25) is 0 Å². The Morgan fingerprint density at radius 2 is 2.00 bits per heavy atom. The average molecular weight is 240 g/mol. The molecule has 2 rings (SSSR count). The molecular weight excluding hydrogens is 220 g/mol. The van der Waals surface area contributed by atoms with Gasteiger partial charge in [0.15, 0.2) is 4.77 Å². The van der Waals surface area contributed by atoms with Crippen molar-refractivity contribution in [2.24, 2.45) is 7.05 Å². The van der Waals surface area contributed by atoms with Crippen LogP contribution >= 0.6 is 12.2 Å². The van der Waals surface area contributed by atoms with Gasteiger partial charge in [-0.3, -0.25) is 4.90 Å². The highest BCUT2D eigenvalue weighted by Crippen LogP contribution is 2.22. The van der Waals surface area contributed by atoms with Crippen molar-refractivity contribution in [1.29, 1.82) is 0 Å². The van der Waals surface area contributed by atoms with Gasteiger partial charge in [-0.05, 0) is 38.9 Å². The third kappa shape index (κ3) is 2.20. The summed E-state index contributed by atoms with van der Waals surface area (Å²) in [6, 6.07) is 1.26. The molecule has 1 aromatic heterocycles. The van der Waals surface area contributed by atoms with E-state index in [2.05, 4.69) is 23.8 Å². The van der Waals surface area contributed by atoms with Gasteiger partial charge in [-0.1, -0.05) is 6.42 Å². The lowest BCUT2D eigenvalue weighted by Gasteiger charge is -2.38. The second-order valence-electron chi connectivity index (χ2n) is 4.81. The molecule has 2 heterocycles. The van der Waals surface area contributed by atoms with Crippen molar-refractivity contribution in [1.82, 2.24) is 19.2 Å². The Morgan fingerprint density at radius 3 is 2.50 bits per heavy atom. The molecule has 0 aliphatic carbocycles. The average Bonchev–Trinajstić information content (AvgIpc) is 2.55. The summed E-state index contributed by atoms with van der Waals surface area (Å²) in [5, 5.41) is 4.31. The van der Waals surface area contributed by atoms with E-state index in [0.29, 0.717) is 12.1 Å². The summed E-state index contributed by atoms with van der Waals surface area (Å²) in [6.07, 6.45) is 5.68. The van der Waals surface area contributed by atoms with Crippen molar-refractivity contribution in [2.45, 2.75) is 51.9 Å². The van der Waals surface area contributed by atoms with Crippen LogP contribution < -0.4 is 0 Å².